The smallest absolute Gasteiger partial charge is 0.293 e. The largest absolute Gasteiger partial charge is 0.459 e. The van der Waals surface area contributed by atoms with Crippen molar-refractivity contribution < 1.29 is 22.0 Å². The van der Waals surface area contributed by atoms with Crippen molar-refractivity contribution in [3.8, 4) is 11.3 Å². The van der Waals surface area contributed by atoms with E-state index >= 15 is 0 Å². The van der Waals surface area contributed by atoms with Crippen LogP contribution in [0.15, 0.2) is 81.6 Å². The van der Waals surface area contributed by atoms with Crippen LogP contribution in [0.1, 0.15) is 16.1 Å². The number of halogens is 1. The molecule has 1 amide bonds. The van der Waals surface area contributed by atoms with Crippen molar-refractivity contribution in [2.24, 2.45) is 0 Å². The van der Waals surface area contributed by atoms with Crippen LogP contribution in [0.5, 0.6) is 0 Å². The number of amides is 1. The summed E-state index contributed by atoms with van der Waals surface area (Å²) in [6, 6.07) is 15.4. The number of sulfone groups is 1. The Bertz CT molecular complexity index is 1300. The van der Waals surface area contributed by atoms with Gasteiger partial charge in [0.25, 0.3) is 5.91 Å². The number of hydrogen-bond acceptors (Lipinski definition) is 6. The third-order valence-electron chi connectivity index (χ3n) is 4.25. The molecule has 1 N–H and O–H groups in total. The summed E-state index contributed by atoms with van der Waals surface area (Å²) < 4.78 is 43.9. The monoisotopic (exact) mass is 442 g/mol. The molecule has 9 heteroatoms. The number of anilines is 1. The van der Waals surface area contributed by atoms with Crippen LogP contribution in [0.2, 0.25) is 0 Å². The molecule has 0 saturated heterocycles. The van der Waals surface area contributed by atoms with Crippen molar-refractivity contribution in [1.29, 1.82) is 0 Å². The molecule has 0 radical (unpaired) electrons. The van der Waals surface area contributed by atoms with Gasteiger partial charge in [-0.2, -0.15) is 0 Å². The summed E-state index contributed by atoms with van der Waals surface area (Å²) in [4.78, 5) is 17.1. The molecule has 30 heavy (non-hydrogen) atoms. The predicted octanol–water partition coefficient (Wildman–Crippen LogP) is 4.77. The van der Waals surface area contributed by atoms with Crippen LogP contribution in [0, 0.1) is 5.82 Å². The maximum Gasteiger partial charge on any atom is 0.293 e. The molecule has 0 aliphatic heterocycles. The first-order chi connectivity index (χ1) is 14.4. The fraction of sp³-hybridized carbons (Fsp3) is 0.0476. The number of nitrogens with zero attached hydrogens (tertiary/aromatic N) is 1. The molecule has 152 valence electrons. The normalized spacial score (nSPS) is 11.4. The molecule has 6 nitrogen and oxygen atoms in total. The number of carbonyl (C=O) groups excluding carboxylic acids is 1. The zero-order valence-electron chi connectivity index (χ0n) is 15.4. The lowest BCUT2D eigenvalue weighted by atomic mass is 10.2. The molecule has 0 fully saturated rings. The molecule has 0 saturated carbocycles. The Morgan fingerprint density at radius 3 is 2.67 bits per heavy atom. The minimum absolute atomic E-state index is 0.1000. The van der Waals surface area contributed by atoms with Gasteiger partial charge in [-0.15, -0.1) is 11.3 Å². The second-order valence-corrected chi connectivity index (χ2v) is 9.20. The highest BCUT2D eigenvalue weighted by molar-refractivity contribution is 7.90. The van der Waals surface area contributed by atoms with E-state index < -0.39 is 15.7 Å². The van der Waals surface area contributed by atoms with E-state index in [1.54, 1.807) is 35.7 Å². The van der Waals surface area contributed by atoms with Gasteiger partial charge in [-0.3, -0.25) is 10.1 Å². The highest BCUT2D eigenvalue weighted by Gasteiger charge is 2.23. The van der Waals surface area contributed by atoms with Crippen LogP contribution < -0.4 is 5.32 Å². The van der Waals surface area contributed by atoms with E-state index in [0.717, 1.165) is 0 Å². The second kappa shape index (κ2) is 8.21. The molecule has 2 aromatic heterocycles. The standard InChI is InChI=1S/C21H15FN2O4S2/c22-16-6-4-5-14(11-16)18-12-29-21(23-18)24-20(25)19-15(9-10-28-19)13-30(26,27)17-7-2-1-3-8-17/h1-12H,13H2,(H,23,24,25). The summed E-state index contributed by atoms with van der Waals surface area (Å²) in [6.07, 6.45) is 1.27. The van der Waals surface area contributed by atoms with Gasteiger partial charge in [0.05, 0.1) is 22.6 Å². The van der Waals surface area contributed by atoms with Gasteiger partial charge in [0.2, 0.25) is 0 Å². The van der Waals surface area contributed by atoms with Gasteiger partial charge in [-0.05, 0) is 30.3 Å². The van der Waals surface area contributed by atoms with Gasteiger partial charge >= 0.3 is 0 Å². The Morgan fingerprint density at radius 1 is 1.10 bits per heavy atom. The Hall–Kier alpha value is -3.30. The number of hydrogen-bond donors (Lipinski definition) is 1. The molecule has 2 aromatic carbocycles. The number of benzene rings is 2. The number of rotatable bonds is 6. The molecule has 0 spiro atoms. The summed E-state index contributed by atoms with van der Waals surface area (Å²) in [5.74, 6) is -1.47. The Balaban J connectivity index is 1.51. The molecule has 4 rings (SSSR count). The molecule has 0 bridgehead atoms. The number of aromatic nitrogens is 1. The topological polar surface area (TPSA) is 89.3 Å². The van der Waals surface area contributed by atoms with Crippen molar-refractivity contribution in [3.05, 3.63) is 89.4 Å². The van der Waals surface area contributed by atoms with Crippen LogP contribution in [0.25, 0.3) is 11.3 Å². The first kappa shape index (κ1) is 20.0. The lowest BCUT2D eigenvalue weighted by Gasteiger charge is -2.05. The molecule has 0 aliphatic carbocycles. The van der Waals surface area contributed by atoms with E-state index in [-0.39, 0.29) is 32.9 Å². The Kier molecular flexibility index (Phi) is 5.47. The molecule has 0 atom stereocenters. The van der Waals surface area contributed by atoms with Crippen molar-refractivity contribution in [2.45, 2.75) is 10.6 Å². The summed E-state index contributed by atoms with van der Waals surface area (Å²) in [5, 5.41) is 4.57. The minimum Gasteiger partial charge on any atom is -0.459 e. The highest BCUT2D eigenvalue weighted by atomic mass is 32.2. The van der Waals surface area contributed by atoms with E-state index in [4.69, 9.17) is 4.42 Å². The van der Waals surface area contributed by atoms with E-state index in [0.29, 0.717) is 11.3 Å². The lowest BCUT2D eigenvalue weighted by molar-refractivity contribution is 0.0995. The van der Waals surface area contributed by atoms with Crippen LogP contribution in [-0.4, -0.2) is 19.3 Å². The highest BCUT2D eigenvalue weighted by Crippen LogP contribution is 2.26. The zero-order valence-corrected chi connectivity index (χ0v) is 17.0. The first-order valence-corrected chi connectivity index (χ1v) is 11.3. The van der Waals surface area contributed by atoms with Gasteiger partial charge in [-0.25, -0.2) is 17.8 Å². The first-order valence-electron chi connectivity index (χ1n) is 8.79. The van der Waals surface area contributed by atoms with E-state index in [2.05, 4.69) is 10.3 Å². The quantitative estimate of drug-likeness (QED) is 0.465. The van der Waals surface area contributed by atoms with E-state index in [1.807, 2.05) is 0 Å². The average molecular weight is 442 g/mol. The van der Waals surface area contributed by atoms with Gasteiger partial charge in [0.1, 0.15) is 5.82 Å². The van der Waals surface area contributed by atoms with Gasteiger partial charge in [0, 0.05) is 16.5 Å². The summed E-state index contributed by atoms with van der Waals surface area (Å²) in [6.45, 7) is 0. The fourth-order valence-electron chi connectivity index (χ4n) is 2.83. The van der Waals surface area contributed by atoms with Gasteiger partial charge in [0.15, 0.2) is 20.7 Å². The van der Waals surface area contributed by atoms with Crippen LogP contribution in [0.3, 0.4) is 0 Å². The maximum absolute atomic E-state index is 13.4. The fourth-order valence-corrected chi connectivity index (χ4v) is 4.92. The number of furan rings is 1. The Labute approximate surface area is 175 Å². The summed E-state index contributed by atoms with van der Waals surface area (Å²) in [5.41, 5.74) is 1.35. The number of carbonyl (C=O) groups is 1. The number of thiazole rings is 1. The molecule has 0 aliphatic rings. The molecular weight excluding hydrogens is 427 g/mol. The van der Waals surface area contributed by atoms with Crippen molar-refractivity contribution in [3.63, 3.8) is 0 Å². The van der Waals surface area contributed by atoms with Crippen molar-refractivity contribution >= 4 is 32.2 Å². The molecule has 2 heterocycles. The summed E-state index contributed by atoms with van der Waals surface area (Å²) in [7, 11) is -3.64. The van der Waals surface area contributed by atoms with Crippen molar-refractivity contribution in [1.82, 2.24) is 4.98 Å². The van der Waals surface area contributed by atoms with E-state index in [9.17, 15) is 17.6 Å². The van der Waals surface area contributed by atoms with Crippen LogP contribution >= 0.6 is 11.3 Å². The maximum atomic E-state index is 13.4. The SMILES string of the molecule is O=C(Nc1nc(-c2cccc(F)c2)cs1)c1occc1CS(=O)(=O)c1ccccc1. The average Bonchev–Trinajstić information content (AvgIpc) is 3.38. The molecule has 4 aromatic rings. The second-order valence-electron chi connectivity index (χ2n) is 6.35. The lowest BCUT2D eigenvalue weighted by Crippen LogP contribution is -2.14. The van der Waals surface area contributed by atoms with Crippen molar-refractivity contribution in [2.75, 3.05) is 5.32 Å². The number of nitrogens with one attached hydrogen (secondary N) is 1. The van der Waals surface area contributed by atoms with Crippen LogP contribution in [0.4, 0.5) is 9.52 Å². The van der Waals surface area contributed by atoms with Crippen LogP contribution in [-0.2, 0) is 15.6 Å². The van der Waals surface area contributed by atoms with Gasteiger partial charge < -0.3 is 4.42 Å². The minimum atomic E-state index is -3.64. The van der Waals surface area contributed by atoms with E-state index in [1.165, 1.54) is 47.9 Å². The predicted molar refractivity (Wildman–Crippen MR) is 112 cm³/mol. The Morgan fingerprint density at radius 2 is 1.90 bits per heavy atom. The summed E-state index contributed by atoms with van der Waals surface area (Å²) >= 11 is 1.17. The van der Waals surface area contributed by atoms with Gasteiger partial charge in [-0.1, -0.05) is 30.3 Å². The third kappa shape index (κ3) is 4.32. The molecular formula is C21H15FN2O4S2. The zero-order chi connectivity index (χ0) is 21.1. The molecule has 0 unspecified atom stereocenters. The third-order valence-corrected chi connectivity index (χ3v) is 6.69.